The number of nitrogens with zero attached hydrogens (tertiary/aromatic N) is 4. The standard InChI is InChI=1S/C10H13FN5O7P/c11-3-5(17)6(10(18)23-24(19,20)21)22-9(3)16-2-15-4-7(12)13-1-14-8(4)16/h1-3,5-6,9-10,17-18H,(H2,12,13,14)(H2,19,20,21)/t3-,5+,6+,9?,10?/m1/s1. The summed E-state index contributed by atoms with van der Waals surface area (Å²) in [4.78, 5) is 28.9. The highest BCUT2D eigenvalue weighted by Gasteiger charge is 2.50. The number of halogens is 1. The highest BCUT2D eigenvalue weighted by molar-refractivity contribution is 7.46. The molecule has 132 valence electrons. The van der Waals surface area contributed by atoms with Gasteiger partial charge in [0.25, 0.3) is 0 Å². The maximum atomic E-state index is 14.4. The summed E-state index contributed by atoms with van der Waals surface area (Å²) >= 11 is 0. The lowest BCUT2D eigenvalue weighted by atomic mass is 10.1. The normalized spacial score (nSPS) is 29.2. The molecule has 5 atom stereocenters. The predicted molar refractivity (Wildman–Crippen MR) is 73.7 cm³/mol. The fourth-order valence-corrected chi connectivity index (χ4v) is 2.78. The van der Waals surface area contributed by atoms with Crippen LogP contribution in [0.2, 0.25) is 0 Å². The van der Waals surface area contributed by atoms with Gasteiger partial charge in [-0.25, -0.2) is 23.9 Å². The lowest BCUT2D eigenvalue weighted by Crippen LogP contribution is -2.38. The maximum absolute atomic E-state index is 14.4. The second-order valence-corrected chi connectivity index (χ2v) is 6.19. The van der Waals surface area contributed by atoms with Crippen molar-refractivity contribution in [3.05, 3.63) is 12.7 Å². The van der Waals surface area contributed by atoms with E-state index >= 15 is 0 Å². The van der Waals surface area contributed by atoms with E-state index in [0.717, 1.165) is 17.2 Å². The molecule has 0 spiro atoms. The van der Waals surface area contributed by atoms with Crippen molar-refractivity contribution in [2.24, 2.45) is 0 Å². The van der Waals surface area contributed by atoms with Gasteiger partial charge in [-0.2, -0.15) is 0 Å². The van der Waals surface area contributed by atoms with Crippen molar-refractivity contribution < 1.29 is 38.2 Å². The smallest absolute Gasteiger partial charge is 0.387 e. The summed E-state index contributed by atoms with van der Waals surface area (Å²) in [5.74, 6) is 0.0501. The fraction of sp³-hybridized carbons (Fsp3) is 0.500. The molecule has 1 aliphatic rings. The molecule has 1 saturated heterocycles. The lowest BCUT2D eigenvalue weighted by molar-refractivity contribution is -0.160. The number of aliphatic hydroxyl groups is 2. The van der Waals surface area contributed by atoms with Crippen LogP contribution in [0.3, 0.4) is 0 Å². The molecule has 2 aromatic heterocycles. The van der Waals surface area contributed by atoms with E-state index in [1.807, 2.05) is 0 Å². The van der Waals surface area contributed by atoms with E-state index in [4.69, 9.17) is 20.3 Å². The van der Waals surface area contributed by atoms with Gasteiger partial charge in [0.1, 0.15) is 24.1 Å². The highest BCUT2D eigenvalue weighted by Crippen LogP contribution is 2.41. The van der Waals surface area contributed by atoms with Crippen molar-refractivity contribution in [2.45, 2.75) is 30.9 Å². The maximum Gasteiger partial charge on any atom is 0.472 e. The molecular formula is C10H13FN5O7P. The van der Waals surface area contributed by atoms with E-state index < -0.39 is 38.7 Å². The van der Waals surface area contributed by atoms with Crippen LogP contribution < -0.4 is 5.73 Å². The first kappa shape index (κ1) is 17.1. The van der Waals surface area contributed by atoms with E-state index in [1.165, 1.54) is 0 Å². The summed E-state index contributed by atoms with van der Waals surface area (Å²) in [6.45, 7) is 0. The second-order valence-electron chi connectivity index (χ2n) is 5.00. The number of phosphoric ester groups is 1. The Hall–Kier alpha value is -1.73. The van der Waals surface area contributed by atoms with E-state index in [0.29, 0.717) is 0 Å². The Labute approximate surface area is 132 Å². The Bertz CT molecular complexity index is 799. The topological polar surface area (TPSA) is 186 Å². The minimum absolute atomic E-state index is 0.0501. The number of hydrogen-bond acceptors (Lipinski definition) is 9. The first-order chi connectivity index (χ1) is 11.2. The van der Waals surface area contributed by atoms with Crippen molar-refractivity contribution >= 4 is 24.8 Å². The van der Waals surface area contributed by atoms with Crippen molar-refractivity contribution in [3.8, 4) is 0 Å². The van der Waals surface area contributed by atoms with Gasteiger partial charge in [-0.1, -0.05) is 0 Å². The Morgan fingerprint density at radius 1 is 1.42 bits per heavy atom. The molecule has 0 radical (unpaired) electrons. The van der Waals surface area contributed by atoms with Crippen LogP contribution in [0.5, 0.6) is 0 Å². The van der Waals surface area contributed by atoms with Gasteiger partial charge < -0.3 is 30.5 Å². The van der Waals surface area contributed by atoms with E-state index in [1.54, 1.807) is 0 Å². The number of imidazole rings is 1. The van der Waals surface area contributed by atoms with Crippen LogP contribution in [0, 0.1) is 0 Å². The van der Waals surface area contributed by atoms with Gasteiger partial charge >= 0.3 is 7.82 Å². The largest absolute Gasteiger partial charge is 0.472 e. The number of aromatic nitrogens is 4. The Morgan fingerprint density at radius 2 is 2.12 bits per heavy atom. The van der Waals surface area contributed by atoms with Gasteiger partial charge in [-0.05, 0) is 0 Å². The summed E-state index contributed by atoms with van der Waals surface area (Å²) in [7, 11) is -5.07. The van der Waals surface area contributed by atoms with Crippen molar-refractivity contribution in [1.82, 2.24) is 19.5 Å². The molecule has 2 unspecified atom stereocenters. The third kappa shape index (κ3) is 2.98. The molecular weight excluding hydrogens is 352 g/mol. The van der Waals surface area contributed by atoms with Crippen LogP contribution in [-0.2, 0) is 13.8 Å². The summed E-state index contributed by atoms with van der Waals surface area (Å²) in [6.07, 6.45) is -7.16. The molecule has 1 aliphatic heterocycles. The molecule has 14 heteroatoms. The average molecular weight is 365 g/mol. The van der Waals surface area contributed by atoms with Crippen LogP contribution in [0.1, 0.15) is 6.23 Å². The zero-order valence-corrected chi connectivity index (χ0v) is 12.6. The number of nitrogens with two attached hydrogens (primary N) is 1. The van der Waals surface area contributed by atoms with Gasteiger partial charge in [0.05, 0.1) is 6.33 Å². The summed E-state index contributed by atoms with van der Waals surface area (Å²) in [6, 6.07) is 0. The third-order valence-electron chi connectivity index (χ3n) is 3.42. The average Bonchev–Trinajstić information content (AvgIpc) is 3.01. The zero-order chi connectivity index (χ0) is 17.6. The predicted octanol–water partition coefficient (Wildman–Crippen LogP) is -1.57. The van der Waals surface area contributed by atoms with Crippen LogP contribution in [-0.4, -0.2) is 64.2 Å². The molecule has 12 nitrogen and oxygen atoms in total. The minimum atomic E-state index is -5.07. The molecule has 1 fully saturated rings. The first-order valence-electron chi connectivity index (χ1n) is 6.51. The number of fused-ring (bicyclic) bond motifs is 1. The molecule has 6 N–H and O–H groups in total. The zero-order valence-electron chi connectivity index (χ0n) is 11.7. The summed E-state index contributed by atoms with van der Waals surface area (Å²) in [5.41, 5.74) is 5.92. The van der Waals surface area contributed by atoms with E-state index in [2.05, 4.69) is 19.5 Å². The molecule has 0 bridgehead atoms. The Morgan fingerprint density at radius 3 is 2.79 bits per heavy atom. The van der Waals surface area contributed by atoms with E-state index in [9.17, 15) is 19.2 Å². The van der Waals surface area contributed by atoms with Crippen molar-refractivity contribution in [3.63, 3.8) is 0 Å². The van der Waals surface area contributed by atoms with Gasteiger partial charge in [-0.15, -0.1) is 0 Å². The molecule has 0 aliphatic carbocycles. The summed E-state index contributed by atoms with van der Waals surface area (Å²) < 4.78 is 35.4. The summed E-state index contributed by atoms with van der Waals surface area (Å²) in [5, 5.41) is 19.4. The van der Waals surface area contributed by atoms with Gasteiger partial charge in [0.2, 0.25) is 0 Å². The molecule has 0 saturated carbocycles. The number of phosphoric acid groups is 1. The van der Waals surface area contributed by atoms with Crippen LogP contribution in [0.25, 0.3) is 11.2 Å². The van der Waals surface area contributed by atoms with Crippen LogP contribution >= 0.6 is 7.82 Å². The van der Waals surface area contributed by atoms with Gasteiger partial charge in [0, 0.05) is 0 Å². The number of rotatable bonds is 4. The fourth-order valence-electron chi connectivity index (χ4n) is 2.38. The van der Waals surface area contributed by atoms with Crippen molar-refractivity contribution in [1.29, 1.82) is 0 Å². The monoisotopic (exact) mass is 365 g/mol. The quantitative estimate of drug-likeness (QED) is 0.311. The molecule has 2 aromatic rings. The Kier molecular flexibility index (Phi) is 4.25. The van der Waals surface area contributed by atoms with Crippen LogP contribution in [0.4, 0.5) is 10.2 Å². The first-order valence-corrected chi connectivity index (χ1v) is 8.04. The molecule has 0 amide bonds. The highest BCUT2D eigenvalue weighted by atomic mass is 31.2. The van der Waals surface area contributed by atoms with Gasteiger partial charge in [0.15, 0.2) is 30.2 Å². The number of ether oxygens (including phenoxy) is 1. The molecule has 3 rings (SSSR count). The molecule has 3 heterocycles. The number of aliphatic hydroxyl groups excluding tert-OH is 2. The number of anilines is 1. The minimum Gasteiger partial charge on any atom is -0.387 e. The molecule has 24 heavy (non-hydrogen) atoms. The lowest BCUT2D eigenvalue weighted by Gasteiger charge is -2.21. The number of hydrogen-bond donors (Lipinski definition) is 5. The SMILES string of the molecule is Nc1ncnc2c1ncn2C1O[C@H](C(O)OP(=O)(O)O)[C@@H](O)[C@H]1F. The second kappa shape index (κ2) is 5.97. The van der Waals surface area contributed by atoms with E-state index in [-0.39, 0.29) is 17.0 Å². The molecule has 0 aromatic carbocycles. The number of nitrogen functional groups attached to an aromatic ring is 1. The number of alkyl halides is 1. The van der Waals surface area contributed by atoms with Crippen LogP contribution in [0.15, 0.2) is 12.7 Å². The third-order valence-corrected chi connectivity index (χ3v) is 3.91. The Balaban J connectivity index is 1.89. The van der Waals surface area contributed by atoms with Gasteiger partial charge in [-0.3, -0.25) is 9.09 Å². The van der Waals surface area contributed by atoms with Crippen molar-refractivity contribution in [2.75, 3.05) is 5.73 Å².